The summed E-state index contributed by atoms with van der Waals surface area (Å²) >= 11 is 0. The van der Waals surface area contributed by atoms with Crippen molar-refractivity contribution in [2.75, 3.05) is 0 Å². The van der Waals surface area contributed by atoms with Crippen molar-refractivity contribution in [1.82, 2.24) is 4.90 Å². The third kappa shape index (κ3) is 2.19. The van der Waals surface area contributed by atoms with Crippen molar-refractivity contribution in [3.05, 3.63) is 106 Å². The minimum absolute atomic E-state index is 0.0134. The van der Waals surface area contributed by atoms with E-state index in [-0.39, 0.29) is 35.5 Å². The number of aryl methyl sites for hydroxylation is 1. The van der Waals surface area contributed by atoms with Gasteiger partial charge in [0.15, 0.2) is 0 Å². The van der Waals surface area contributed by atoms with Crippen LogP contribution in [0.15, 0.2) is 72.8 Å². The molecule has 3 aliphatic carbocycles. The number of likely N-dealkylation sites (tertiary alicyclic amines) is 1. The van der Waals surface area contributed by atoms with E-state index in [1.165, 1.54) is 32.7 Å². The summed E-state index contributed by atoms with van der Waals surface area (Å²) in [5.41, 5.74) is 7.09. The van der Waals surface area contributed by atoms with E-state index in [2.05, 4.69) is 37.3 Å². The molecule has 0 aromatic heterocycles. The maximum Gasteiger partial charge on any atom is 0.234 e. The number of hydrogen-bond acceptors (Lipinski definition) is 2. The van der Waals surface area contributed by atoms with E-state index in [1.807, 2.05) is 42.5 Å². The van der Waals surface area contributed by atoms with Crippen LogP contribution >= 0.6 is 0 Å². The summed E-state index contributed by atoms with van der Waals surface area (Å²) in [6.45, 7) is 2.45. The van der Waals surface area contributed by atoms with Gasteiger partial charge >= 0.3 is 0 Å². The molecule has 29 heavy (non-hydrogen) atoms. The van der Waals surface area contributed by atoms with E-state index in [1.54, 1.807) is 0 Å². The van der Waals surface area contributed by atoms with Gasteiger partial charge in [-0.2, -0.15) is 0 Å². The number of imide groups is 1. The fourth-order valence-electron chi connectivity index (χ4n) is 5.83. The summed E-state index contributed by atoms with van der Waals surface area (Å²) in [6.07, 6.45) is 0. The number of rotatable bonds is 2. The van der Waals surface area contributed by atoms with E-state index in [0.29, 0.717) is 6.54 Å². The van der Waals surface area contributed by atoms with Crippen LogP contribution in [-0.4, -0.2) is 16.7 Å². The zero-order valence-corrected chi connectivity index (χ0v) is 16.2. The normalized spacial score (nSPS) is 26.3. The van der Waals surface area contributed by atoms with Crippen LogP contribution in [0.2, 0.25) is 0 Å². The molecule has 7 rings (SSSR count). The second kappa shape index (κ2) is 5.90. The Labute approximate surface area is 170 Å². The van der Waals surface area contributed by atoms with Gasteiger partial charge in [0.2, 0.25) is 11.8 Å². The number of carbonyl (C=O) groups excluding carboxylic acids is 2. The number of hydrogen-bond donors (Lipinski definition) is 0. The first kappa shape index (κ1) is 16.7. The second-order valence-corrected chi connectivity index (χ2v) is 8.52. The van der Waals surface area contributed by atoms with E-state index in [0.717, 1.165) is 5.56 Å². The molecule has 4 aliphatic rings. The number of carbonyl (C=O) groups is 2. The van der Waals surface area contributed by atoms with Gasteiger partial charge in [-0.15, -0.1) is 0 Å². The van der Waals surface area contributed by atoms with Gasteiger partial charge in [-0.1, -0.05) is 78.4 Å². The SMILES string of the molecule is Cc1ccc2c(c1)[C@H]1c3ccccc3[C@H]2[C@@H]2C(=O)N(Cc3ccccc3)C(=O)[C@H]12. The molecule has 3 aromatic carbocycles. The van der Waals surface area contributed by atoms with Crippen molar-refractivity contribution in [2.24, 2.45) is 11.8 Å². The zero-order valence-electron chi connectivity index (χ0n) is 16.2. The van der Waals surface area contributed by atoms with Crippen LogP contribution in [0.5, 0.6) is 0 Å². The summed E-state index contributed by atoms with van der Waals surface area (Å²) in [5, 5.41) is 0. The molecular formula is C26H21NO2. The highest BCUT2D eigenvalue weighted by Gasteiger charge is 2.61. The standard InChI is InChI=1S/C26H21NO2/c1-15-11-12-19-20(13-15)22-18-10-6-5-9-17(18)21(19)23-24(22)26(29)27(25(23)28)14-16-7-3-2-4-8-16/h2-13,21-24H,14H2,1H3/t21-,22-,23+,24-/m1/s1. The van der Waals surface area contributed by atoms with Gasteiger partial charge in [-0.05, 0) is 34.7 Å². The Morgan fingerprint density at radius 2 is 1.24 bits per heavy atom. The smallest absolute Gasteiger partial charge is 0.234 e. The van der Waals surface area contributed by atoms with E-state index >= 15 is 0 Å². The Kier molecular flexibility index (Phi) is 3.40. The van der Waals surface area contributed by atoms with Gasteiger partial charge in [-0.25, -0.2) is 0 Å². The Bertz CT molecular complexity index is 1170. The van der Waals surface area contributed by atoms with Crippen LogP contribution in [0.3, 0.4) is 0 Å². The van der Waals surface area contributed by atoms with Crippen LogP contribution in [0.1, 0.15) is 45.2 Å². The Hall–Kier alpha value is -3.20. The average Bonchev–Trinajstić information content (AvgIpc) is 3.00. The van der Waals surface area contributed by atoms with Crippen LogP contribution in [0.4, 0.5) is 0 Å². The Morgan fingerprint density at radius 3 is 1.90 bits per heavy atom. The number of nitrogens with zero attached hydrogens (tertiary/aromatic N) is 1. The summed E-state index contributed by atoms with van der Waals surface area (Å²) in [5.74, 6) is -0.677. The maximum absolute atomic E-state index is 13.6. The molecule has 0 radical (unpaired) electrons. The lowest BCUT2D eigenvalue weighted by atomic mass is 9.55. The van der Waals surface area contributed by atoms with Crippen molar-refractivity contribution in [1.29, 1.82) is 0 Å². The highest BCUT2D eigenvalue weighted by atomic mass is 16.2. The van der Waals surface area contributed by atoms with Crippen LogP contribution < -0.4 is 0 Å². The van der Waals surface area contributed by atoms with Crippen molar-refractivity contribution in [2.45, 2.75) is 25.3 Å². The third-order valence-corrected chi connectivity index (χ3v) is 6.97. The van der Waals surface area contributed by atoms with Gasteiger partial charge in [0.05, 0.1) is 18.4 Å². The lowest BCUT2D eigenvalue weighted by Gasteiger charge is -2.46. The molecule has 0 N–H and O–H groups in total. The molecule has 0 spiro atoms. The topological polar surface area (TPSA) is 37.4 Å². The Balaban J connectivity index is 1.51. The molecule has 2 amide bonds. The van der Waals surface area contributed by atoms with Crippen LogP contribution in [0.25, 0.3) is 0 Å². The van der Waals surface area contributed by atoms with E-state index < -0.39 is 0 Å². The molecule has 2 bridgehead atoms. The number of benzene rings is 3. The lowest BCUT2D eigenvalue weighted by Crippen LogP contribution is -2.41. The summed E-state index contributed by atoms with van der Waals surface area (Å²) in [6, 6.07) is 24.7. The van der Waals surface area contributed by atoms with Crippen molar-refractivity contribution in [3.63, 3.8) is 0 Å². The molecule has 1 saturated heterocycles. The highest BCUT2D eigenvalue weighted by molar-refractivity contribution is 6.07. The molecule has 0 saturated carbocycles. The summed E-state index contributed by atoms with van der Waals surface area (Å²) < 4.78 is 0. The molecule has 0 unspecified atom stereocenters. The van der Waals surface area contributed by atoms with E-state index in [9.17, 15) is 9.59 Å². The van der Waals surface area contributed by atoms with Gasteiger partial charge in [0.1, 0.15) is 0 Å². The molecular weight excluding hydrogens is 358 g/mol. The average molecular weight is 379 g/mol. The molecule has 1 heterocycles. The maximum atomic E-state index is 13.6. The van der Waals surface area contributed by atoms with Gasteiger partial charge in [-0.3, -0.25) is 14.5 Å². The molecule has 3 heteroatoms. The largest absolute Gasteiger partial charge is 0.278 e. The second-order valence-electron chi connectivity index (χ2n) is 8.52. The molecule has 4 atom stereocenters. The first-order valence-corrected chi connectivity index (χ1v) is 10.2. The third-order valence-electron chi connectivity index (χ3n) is 6.97. The highest BCUT2D eigenvalue weighted by Crippen LogP contribution is 2.61. The van der Waals surface area contributed by atoms with Crippen molar-refractivity contribution < 1.29 is 9.59 Å². The zero-order chi connectivity index (χ0) is 19.7. The predicted octanol–water partition coefficient (Wildman–Crippen LogP) is 4.39. The quantitative estimate of drug-likeness (QED) is 0.620. The lowest BCUT2D eigenvalue weighted by molar-refractivity contribution is -0.140. The fourth-order valence-corrected chi connectivity index (χ4v) is 5.83. The molecule has 142 valence electrons. The predicted molar refractivity (Wildman–Crippen MR) is 110 cm³/mol. The van der Waals surface area contributed by atoms with Crippen molar-refractivity contribution >= 4 is 11.8 Å². The van der Waals surface area contributed by atoms with Gasteiger partial charge in [0, 0.05) is 11.8 Å². The molecule has 1 fully saturated rings. The minimum atomic E-state index is -0.291. The molecule has 1 aliphatic heterocycles. The first-order chi connectivity index (χ1) is 14.1. The fraction of sp³-hybridized carbons (Fsp3) is 0.231. The molecule has 3 nitrogen and oxygen atoms in total. The molecule has 3 aromatic rings. The minimum Gasteiger partial charge on any atom is -0.278 e. The van der Waals surface area contributed by atoms with Crippen LogP contribution in [0, 0.1) is 18.8 Å². The van der Waals surface area contributed by atoms with Crippen LogP contribution in [-0.2, 0) is 16.1 Å². The van der Waals surface area contributed by atoms with E-state index in [4.69, 9.17) is 0 Å². The summed E-state index contributed by atoms with van der Waals surface area (Å²) in [7, 11) is 0. The first-order valence-electron chi connectivity index (χ1n) is 10.2. The monoisotopic (exact) mass is 379 g/mol. The number of amides is 2. The Morgan fingerprint density at radius 1 is 0.690 bits per heavy atom. The summed E-state index contributed by atoms with van der Waals surface area (Å²) in [4.78, 5) is 28.6. The van der Waals surface area contributed by atoms with Crippen molar-refractivity contribution in [3.8, 4) is 0 Å². The van der Waals surface area contributed by atoms with Gasteiger partial charge < -0.3 is 0 Å². The van der Waals surface area contributed by atoms with Gasteiger partial charge in [0.25, 0.3) is 0 Å².